The van der Waals surface area contributed by atoms with Crippen LogP contribution >= 0.6 is 0 Å². The van der Waals surface area contributed by atoms with Crippen molar-refractivity contribution in [2.75, 3.05) is 7.05 Å². The minimum atomic E-state index is -0.763. The summed E-state index contributed by atoms with van der Waals surface area (Å²) in [6.07, 6.45) is 3.89. The highest BCUT2D eigenvalue weighted by Crippen LogP contribution is 2.07. The van der Waals surface area contributed by atoms with Gasteiger partial charge in [0.05, 0.1) is 12.6 Å². The highest BCUT2D eigenvalue weighted by molar-refractivity contribution is 5.67. The molecule has 0 radical (unpaired) electrons. The fourth-order valence-corrected chi connectivity index (χ4v) is 1.41. The second-order valence-electron chi connectivity index (χ2n) is 3.88. The second kappa shape index (κ2) is 4.93. The van der Waals surface area contributed by atoms with Crippen molar-refractivity contribution in [2.45, 2.75) is 25.9 Å². The molecule has 1 unspecified atom stereocenters. The van der Waals surface area contributed by atoms with Gasteiger partial charge in [-0.1, -0.05) is 0 Å². The molecule has 1 aromatic heterocycles. The van der Waals surface area contributed by atoms with Gasteiger partial charge in [0, 0.05) is 31.4 Å². The summed E-state index contributed by atoms with van der Waals surface area (Å²) in [4.78, 5) is 12.5. The molecule has 1 rings (SSSR count). The molecule has 1 N–H and O–H groups in total. The predicted octanol–water partition coefficient (Wildman–Crippen LogP) is 0.715. The molecule has 0 amide bonds. The molecule has 84 valence electrons. The number of rotatable bonds is 5. The lowest BCUT2D eigenvalue weighted by Gasteiger charge is -2.22. The van der Waals surface area contributed by atoms with Crippen LogP contribution in [0.1, 0.15) is 18.9 Å². The molecule has 1 atom stereocenters. The Morgan fingerprint density at radius 3 is 2.87 bits per heavy atom. The largest absolute Gasteiger partial charge is 0.481 e. The summed E-state index contributed by atoms with van der Waals surface area (Å²) < 4.78 is 1.74. The quantitative estimate of drug-likeness (QED) is 0.779. The van der Waals surface area contributed by atoms with Crippen molar-refractivity contribution >= 4 is 5.97 Å². The number of carboxylic acids is 1. The molecule has 1 heterocycles. The summed E-state index contributed by atoms with van der Waals surface area (Å²) in [6, 6.07) is 0.0303. The smallest absolute Gasteiger partial charge is 0.304 e. The summed E-state index contributed by atoms with van der Waals surface area (Å²) in [5.74, 6) is -0.763. The SMILES string of the molecule is CC(CC(=O)O)N(C)Cc1cnn(C)c1. The molecule has 0 aromatic carbocycles. The highest BCUT2D eigenvalue weighted by atomic mass is 16.4. The van der Waals surface area contributed by atoms with Gasteiger partial charge < -0.3 is 5.11 Å². The van der Waals surface area contributed by atoms with Gasteiger partial charge in [0.2, 0.25) is 0 Å². The van der Waals surface area contributed by atoms with Crippen molar-refractivity contribution in [2.24, 2.45) is 7.05 Å². The first-order valence-electron chi connectivity index (χ1n) is 4.88. The van der Waals surface area contributed by atoms with Crippen LogP contribution in [0.4, 0.5) is 0 Å². The van der Waals surface area contributed by atoms with E-state index in [1.807, 2.05) is 32.1 Å². The molecule has 15 heavy (non-hydrogen) atoms. The van der Waals surface area contributed by atoms with Crippen LogP contribution < -0.4 is 0 Å². The van der Waals surface area contributed by atoms with E-state index < -0.39 is 5.97 Å². The first kappa shape index (κ1) is 11.7. The van der Waals surface area contributed by atoms with E-state index >= 15 is 0 Å². The molecule has 0 aliphatic rings. The zero-order valence-corrected chi connectivity index (χ0v) is 9.34. The topological polar surface area (TPSA) is 58.4 Å². The monoisotopic (exact) mass is 211 g/mol. The third kappa shape index (κ3) is 3.71. The lowest BCUT2D eigenvalue weighted by molar-refractivity contribution is -0.138. The molecule has 0 aliphatic carbocycles. The average Bonchev–Trinajstić information content (AvgIpc) is 2.50. The lowest BCUT2D eigenvalue weighted by atomic mass is 10.2. The van der Waals surface area contributed by atoms with Gasteiger partial charge in [0.25, 0.3) is 0 Å². The van der Waals surface area contributed by atoms with E-state index in [-0.39, 0.29) is 12.5 Å². The summed E-state index contributed by atoms with van der Waals surface area (Å²) in [5.41, 5.74) is 1.09. The maximum absolute atomic E-state index is 10.5. The van der Waals surface area contributed by atoms with Crippen molar-refractivity contribution in [3.8, 4) is 0 Å². The number of carboxylic acid groups (broad SMARTS) is 1. The van der Waals surface area contributed by atoms with Crippen molar-refractivity contribution in [3.63, 3.8) is 0 Å². The summed E-state index contributed by atoms with van der Waals surface area (Å²) in [7, 11) is 3.78. The van der Waals surface area contributed by atoms with Crippen molar-refractivity contribution in [1.82, 2.24) is 14.7 Å². The van der Waals surface area contributed by atoms with Crippen molar-refractivity contribution in [1.29, 1.82) is 0 Å². The van der Waals surface area contributed by atoms with Gasteiger partial charge in [-0.3, -0.25) is 14.4 Å². The van der Waals surface area contributed by atoms with E-state index in [4.69, 9.17) is 5.11 Å². The van der Waals surface area contributed by atoms with Gasteiger partial charge in [-0.2, -0.15) is 5.10 Å². The number of hydrogen-bond donors (Lipinski definition) is 1. The first-order chi connectivity index (χ1) is 6.99. The maximum atomic E-state index is 10.5. The number of carbonyl (C=O) groups is 1. The standard InChI is InChI=1S/C10H17N3O2/c1-8(4-10(14)15)12(2)6-9-5-11-13(3)7-9/h5,7-8H,4,6H2,1-3H3,(H,14,15). The average molecular weight is 211 g/mol. The number of aromatic nitrogens is 2. The third-order valence-corrected chi connectivity index (χ3v) is 2.41. The fourth-order valence-electron chi connectivity index (χ4n) is 1.41. The van der Waals surface area contributed by atoms with Crippen molar-refractivity contribution < 1.29 is 9.90 Å². The number of aryl methyl sites for hydroxylation is 1. The Bertz CT molecular complexity index is 335. The molecule has 5 heteroatoms. The number of aliphatic carboxylic acids is 1. The molecule has 0 bridgehead atoms. The molecule has 0 fully saturated rings. The molecule has 0 saturated carbocycles. The highest BCUT2D eigenvalue weighted by Gasteiger charge is 2.13. The predicted molar refractivity (Wildman–Crippen MR) is 56.4 cm³/mol. The Morgan fingerprint density at radius 2 is 2.40 bits per heavy atom. The Morgan fingerprint density at radius 1 is 1.73 bits per heavy atom. The molecule has 1 aromatic rings. The Hall–Kier alpha value is -1.36. The summed E-state index contributed by atoms with van der Waals surface area (Å²) in [5, 5.41) is 12.7. The van der Waals surface area contributed by atoms with Crippen LogP contribution in [0.5, 0.6) is 0 Å². The Kier molecular flexibility index (Phi) is 3.85. The van der Waals surface area contributed by atoms with Crippen LogP contribution in [-0.4, -0.2) is 38.8 Å². The van der Waals surface area contributed by atoms with Gasteiger partial charge in [-0.05, 0) is 14.0 Å². The Balaban J connectivity index is 2.47. The lowest BCUT2D eigenvalue weighted by Crippen LogP contribution is -2.30. The third-order valence-electron chi connectivity index (χ3n) is 2.41. The normalized spacial score (nSPS) is 13.1. The summed E-state index contributed by atoms with van der Waals surface area (Å²) in [6.45, 7) is 2.63. The van der Waals surface area contributed by atoms with Gasteiger partial charge in [-0.15, -0.1) is 0 Å². The van der Waals surface area contributed by atoms with E-state index in [1.54, 1.807) is 10.9 Å². The minimum Gasteiger partial charge on any atom is -0.481 e. The van der Waals surface area contributed by atoms with Crippen LogP contribution in [-0.2, 0) is 18.4 Å². The molecular weight excluding hydrogens is 194 g/mol. The van der Waals surface area contributed by atoms with Crippen LogP contribution in [0.3, 0.4) is 0 Å². The number of hydrogen-bond acceptors (Lipinski definition) is 3. The van der Waals surface area contributed by atoms with Gasteiger partial charge >= 0.3 is 5.97 Å². The van der Waals surface area contributed by atoms with Crippen LogP contribution in [0, 0.1) is 0 Å². The first-order valence-corrected chi connectivity index (χ1v) is 4.88. The van der Waals surface area contributed by atoms with E-state index in [2.05, 4.69) is 5.10 Å². The Labute approximate surface area is 89.3 Å². The van der Waals surface area contributed by atoms with Crippen LogP contribution in [0.25, 0.3) is 0 Å². The fraction of sp³-hybridized carbons (Fsp3) is 0.600. The molecule has 0 spiro atoms. The van der Waals surface area contributed by atoms with Crippen molar-refractivity contribution in [3.05, 3.63) is 18.0 Å². The van der Waals surface area contributed by atoms with Crippen LogP contribution in [0.15, 0.2) is 12.4 Å². The van der Waals surface area contributed by atoms with E-state index in [0.717, 1.165) is 12.1 Å². The minimum absolute atomic E-state index is 0.0303. The number of nitrogens with zero attached hydrogens (tertiary/aromatic N) is 3. The summed E-state index contributed by atoms with van der Waals surface area (Å²) >= 11 is 0. The molecule has 0 aliphatic heterocycles. The van der Waals surface area contributed by atoms with E-state index in [9.17, 15) is 4.79 Å². The van der Waals surface area contributed by atoms with Crippen LogP contribution in [0.2, 0.25) is 0 Å². The molecule has 0 saturated heterocycles. The van der Waals surface area contributed by atoms with Gasteiger partial charge in [0.15, 0.2) is 0 Å². The molecular formula is C10H17N3O2. The van der Waals surface area contributed by atoms with Gasteiger partial charge in [0.1, 0.15) is 0 Å². The zero-order chi connectivity index (χ0) is 11.4. The van der Waals surface area contributed by atoms with Gasteiger partial charge in [-0.25, -0.2) is 0 Å². The zero-order valence-electron chi connectivity index (χ0n) is 9.34. The molecule has 5 nitrogen and oxygen atoms in total. The van der Waals surface area contributed by atoms with E-state index in [0.29, 0.717) is 0 Å². The van der Waals surface area contributed by atoms with E-state index in [1.165, 1.54) is 0 Å². The second-order valence-corrected chi connectivity index (χ2v) is 3.88. The maximum Gasteiger partial charge on any atom is 0.304 e.